The largest absolute Gasteiger partial charge is 0.315 e. The van der Waals surface area contributed by atoms with Gasteiger partial charge in [0.25, 0.3) is 0 Å². The first-order valence-corrected chi connectivity index (χ1v) is 14.6. The van der Waals surface area contributed by atoms with E-state index in [0.717, 1.165) is 97.5 Å². The molecule has 8 heteroatoms. The zero-order valence-electron chi connectivity index (χ0n) is 22.2. The highest BCUT2D eigenvalue weighted by molar-refractivity contribution is 4.69. The van der Waals surface area contributed by atoms with Crippen LogP contribution in [0.3, 0.4) is 0 Å². The van der Waals surface area contributed by atoms with Crippen LogP contribution in [0.25, 0.3) is 0 Å². The lowest BCUT2D eigenvalue weighted by atomic mass is 10.00. The molecule has 0 aromatic carbocycles. The summed E-state index contributed by atoms with van der Waals surface area (Å²) in [7, 11) is 0. The average molecular weight is 483 g/mol. The van der Waals surface area contributed by atoms with Crippen molar-refractivity contribution in [2.75, 3.05) is 111 Å². The van der Waals surface area contributed by atoms with E-state index in [2.05, 4.69) is 42.1 Å². The van der Waals surface area contributed by atoms with Crippen molar-refractivity contribution in [1.82, 2.24) is 42.1 Å². The minimum atomic E-state index is 0.750. The van der Waals surface area contributed by atoms with Gasteiger partial charge in [0.05, 0.1) is 0 Å². The lowest BCUT2D eigenvalue weighted by molar-refractivity contribution is 0.261. The standard InChI is InChI=1S/C26H58N8/c1(3-8-26-24-32-18-16-28-9-5-10-29-17-19-33-25-26)2-4-21-34-22-7-13-30-15-14-27-11-6-12-31-20-23-34/h26-33H,1-25H2. The fourth-order valence-electron chi connectivity index (χ4n) is 4.84. The van der Waals surface area contributed by atoms with Gasteiger partial charge >= 0.3 is 0 Å². The maximum atomic E-state index is 3.68. The summed E-state index contributed by atoms with van der Waals surface area (Å²) in [4.78, 5) is 2.69. The van der Waals surface area contributed by atoms with Gasteiger partial charge in [0.15, 0.2) is 0 Å². The summed E-state index contributed by atoms with van der Waals surface area (Å²) in [5.41, 5.74) is 0. The van der Waals surface area contributed by atoms with Crippen LogP contribution >= 0.6 is 0 Å². The van der Waals surface area contributed by atoms with Gasteiger partial charge in [-0.3, -0.25) is 0 Å². The van der Waals surface area contributed by atoms with Gasteiger partial charge in [0.1, 0.15) is 0 Å². The van der Waals surface area contributed by atoms with Crippen LogP contribution in [0.15, 0.2) is 0 Å². The summed E-state index contributed by atoms with van der Waals surface area (Å²) in [6.45, 7) is 19.2. The number of hydrogen-bond donors (Lipinski definition) is 7. The highest BCUT2D eigenvalue weighted by Crippen LogP contribution is 2.11. The molecule has 0 radical (unpaired) electrons. The zero-order chi connectivity index (χ0) is 23.8. The van der Waals surface area contributed by atoms with E-state index in [-0.39, 0.29) is 0 Å². The lowest BCUT2D eigenvalue weighted by Gasteiger charge is -2.23. The number of rotatable bonds is 7. The molecule has 2 heterocycles. The Hall–Kier alpha value is -0.320. The smallest absolute Gasteiger partial charge is 0.0107 e. The Labute approximate surface area is 210 Å². The number of nitrogens with one attached hydrogen (secondary N) is 7. The van der Waals surface area contributed by atoms with Crippen molar-refractivity contribution in [1.29, 1.82) is 0 Å². The maximum Gasteiger partial charge on any atom is 0.0107 e. The molecule has 2 fully saturated rings. The summed E-state index contributed by atoms with van der Waals surface area (Å²) in [6.07, 6.45) is 10.5. The van der Waals surface area contributed by atoms with E-state index in [1.54, 1.807) is 0 Å². The van der Waals surface area contributed by atoms with Gasteiger partial charge in [-0.1, -0.05) is 19.3 Å². The Morgan fingerprint density at radius 1 is 0.441 bits per heavy atom. The molecule has 0 bridgehead atoms. The Morgan fingerprint density at radius 2 is 0.941 bits per heavy atom. The molecule has 0 aliphatic carbocycles. The molecule has 0 atom stereocenters. The molecule has 0 spiro atoms. The quantitative estimate of drug-likeness (QED) is 0.259. The monoisotopic (exact) mass is 482 g/mol. The molecule has 0 aromatic rings. The molecule has 2 aliphatic rings. The summed E-state index contributed by atoms with van der Waals surface area (Å²) < 4.78 is 0. The van der Waals surface area contributed by atoms with E-state index < -0.39 is 0 Å². The summed E-state index contributed by atoms with van der Waals surface area (Å²) in [5.74, 6) is 0.750. The van der Waals surface area contributed by atoms with Crippen molar-refractivity contribution in [2.45, 2.75) is 51.4 Å². The van der Waals surface area contributed by atoms with E-state index in [9.17, 15) is 0 Å². The van der Waals surface area contributed by atoms with E-state index in [4.69, 9.17) is 0 Å². The molecule has 0 unspecified atom stereocenters. The molecule has 2 saturated heterocycles. The van der Waals surface area contributed by atoms with Gasteiger partial charge in [-0.15, -0.1) is 0 Å². The van der Waals surface area contributed by atoms with Crippen molar-refractivity contribution in [3.63, 3.8) is 0 Å². The Balaban J connectivity index is 1.55. The van der Waals surface area contributed by atoms with Crippen LogP contribution in [0.5, 0.6) is 0 Å². The van der Waals surface area contributed by atoms with Gasteiger partial charge in [-0.25, -0.2) is 0 Å². The average Bonchev–Trinajstić information content (AvgIpc) is 2.85. The minimum Gasteiger partial charge on any atom is -0.315 e. The van der Waals surface area contributed by atoms with Crippen molar-refractivity contribution < 1.29 is 0 Å². The molecule has 2 rings (SSSR count). The SMILES string of the molecule is C(CCCN1CCCNCCNCCCNCC1)CCC1CNCCNCCCNCCNC1. The van der Waals surface area contributed by atoms with Crippen LogP contribution in [0, 0.1) is 5.92 Å². The van der Waals surface area contributed by atoms with Gasteiger partial charge in [-0.05, 0) is 96.9 Å². The molecule has 0 amide bonds. The Morgan fingerprint density at radius 3 is 1.56 bits per heavy atom. The predicted molar refractivity (Wildman–Crippen MR) is 147 cm³/mol. The first-order valence-electron chi connectivity index (χ1n) is 14.6. The van der Waals surface area contributed by atoms with E-state index >= 15 is 0 Å². The van der Waals surface area contributed by atoms with E-state index in [0.29, 0.717) is 0 Å². The Bertz CT molecular complexity index is 360. The molecule has 7 N–H and O–H groups in total. The topological polar surface area (TPSA) is 87.5 Å². The molecule has 2 aliphatic heterocycles. The number of hydrogen-bond acceptors (Lipinski definition) is 8. The zero-order valence-corrected chi connectivity index (χ0v) is 22.2. The summed E-state index contributed by atoms with van der Waals surface area (Å²) >= 11 is 0. The van der Waals surface area contributed by atoms with Crippen molar-refractivity contribution in [3.05, 3.63) is 0 Å². The third-order valence-electron chi connectivity index (χ3n) is 6.99. The normalized spacial score (nSPS) is 23.6. The van der Waals surface area contributed by atoms with Crippen LogP contribution in [-0.4, -0.2) is 116 Å². The summed E-state index contributed by atoms with van der Waals surface area (Å²) in [5, 5.41) is 25.2. The van der Waals surface area contributed by atoms with Crippen molar-refractivity contribution in [3.8, 4) is 0 Å². The van der Waals surface area contributed by atoms with Crippen LogP contribution < -0.4 is 37.2 Å². The molecular formula is C26H58N8. The van der Waals surface area contributed by atoms with Crippen molar-refractivity contribution >= 4 is 0 Å². The first kappa shape index (κ1) is 29.9. The number of nitrogens with zero attached hydrogens (tertiary/aromatic N) is 1. The lowest BCUT2D eigenvalue weighted by Crippen LogP contribution is -2.38. The van der Waals surface area contributed by atoms with Gasteiger partial charge in [0, 0.05) is 52.4 Å². The fraction of sp³-hybridized carbons (Fsp3) is 1.00. The molecule has 0 saturated carbocycles. The molecule has 0 aromatic heterocycles. The summed E-state index contributed by atoms with van der Waals surface area (Å²) in [6, 6.07) is 0. The highest BCUT2D eigenvalue weighted by atomic mass is 15.1. The number of unbranched alkanes of at least 4 members (excludes halogenated alkanes) is 3. The van der Waals surface area contributed by atoms with Gasteiger partial charge in [-0.2, -0.15) is 0 Å². The Kier molecular flexibility index (Phi) is 20.3. The second kappa shape index (κ2) is 23.1. The van der Waals surface area contributed by atoms with Gasteiger partial charge in [0.2, 0.25) is 0 Å². The van der Waals surface area contributed by atoms with E-state index in [1.165, 1.54) is 71.0 Å². The molecule has 8 nitrogen and oxygen atoms in total. The molecular weight excluding hydrogens is 424 g/mol. The third kappa shape index (κ3) is 18.0. The predicted octanol–water partition coefficient (Wildman–Crippen LogP) is 0.180. The van der Waals surface area contributed by atoms with Crippen molar-refractivity contribution in [2.24, 2.45) is 5.92 Å². The van der Waals surface area contributed by atoms with Gasteiger partial charge < -0.3 is 42.1 Å². The van der Waals surface area contributed by atoms with Crippen LogP contribution in [-0.2, 0) is 0 Å². The van der Waals surface area contributed by atoms with Crippen LogP contribution in [0.2, 0.25) is 0 Å². The second-order valence-corrected chi connectivity index (χ2v) is 10.1. The molecule has 34 heavy (non-hydrogen) atoms. The first-order chi connectivity index (χ1) is 16.9. The van der Waals surface area contributed by atoms with E-state index in [1.807, 2.05) is 0 Å². The maximum absolute atomic E-state index is 3.68. The van der Waals surface area contributed by atoms with Crippen LogP contribution in [0.1, 0.15) is 51.4 Å². The molecule has 202 valence electrons. The minimum absolute atomic E-state index is 0.750. The van der Waals surface area contributed by atoms with Crippen LogP contribution in [0.4, 0.5) is 0 Å². The highest BCUT2D eigenvalue weighted by Gasteiger charge is 2.09. The fourth-order valence-corrected chi connectivity index (χ4v) is 4.84. The third-order valence-corrected chi connectivity index (χ3v) is 6.99. The second-order valence-electron chi connectivity index (χ2n) is 10.1.